The number of hydrogen-bond donors (Lipinski definition) is 19. The zero-order valence-electron chi connectivity index (χ0n) is 63.1. The number of carboxylic acids is 1. The summed E-state index contributed by atoms with van der Waals surface area (Å²) in [5.74, 6) is -16.0. The Hall–Kier alpha value is -10.7. The van der Waals surface area contributed by atoms with Gasteiger partial charge in [-0.3, -0.25) is 33.6 Å². The second-order valence-corrected chi connectivity index (χ2v) is 30.9. The smallest absolute Gasteiger partial charge is 0.330 e. The molecule has 7 aliphatic rings. The number of carbonyl (C=O) groups excluding carboxylic acids is 7. The van der Waals surface area contributed by atoms with Crippen molar-refractivity contribution in [2.45, 2.75) is 163 Å². The molecular weight excluding hydrogens is 1590 g/mol. The second kappa shape index (κ2) is 36.0. The van der Waals surface area contributed by atoms with Gasteiger partial charge in [0.25, 0.3) is 0 Å². The molecule has 620 valence electrons. The van der Waals surface area contributed by atoms with Crippen molar-refractivity contribution in [3.63, 3.8) is 0 Å². The van der Waals surface area contributed by atoms with Crippen LogP contribution in [0.1, 0.15) is 122 Å². The van der Waals surface area contributed by atoms with Crippen LogP contribution in [0.5, 0.6) is 46.0 Å². The van der Waals surface area contributed by atoms with Crippen molar-refractivity contribution in [1.82, 2.24) is 42.5 Å². The van der Waals surface area contributed by atoms with Gasteiger partial charge in [0.2, 0.25) is 53.4 Å². The summed E-state index contributed by atoms with van der Waals surface area (Å²) in [4.78, 5) is 120. The first-order chi connectivity index (χ1) is 55.6. The Morgan fingerprint density at radius 1 is 0.667 bits per heavy atom. The van der Waals surface area contributed by atoms with E-state index in [1.165, 1.54) is 44.3 Å². The van der Waals surface area contributed by atoms with Gasteiger partial charge < -0.3 is 128 Å². The SMILES string of the molecule is CN[C@H](CC(C)C)C(=O)N[C@H]1C(=O)N[C@@H](CC(N)=O)C(=O)N[C@H]2C(=O)N[C@H]3C(=O)N[C@H](C(=O)N[C@H](C(=O)O)c4cc(O)cc(O)c4-c4cc3ccc4O)[C@H](O[C@H]3C[C@](C)(NCc4ccc(/C=C/c5ccc(Cl)cc5)cc4)[C@@H](O)[C@H](C)O3)c3ccc(c(Cl)c3)Oc3cc2cc(c3O[C@@H]2O[C@H](CO)[C@@H](O)[C@H](O)[C@H]2O)Oc2ccc(cc2Cl)[C@H]1O. The normalized spacial score (nSPS) is 27.1. The van der Waals surface area contributed by atoms with Crippen LogP contribution in [0.2, 0.25) is 15.1 Å². The maximum absolute atomic E-state index is 16.4. The number of aliphatic carboxylic acids is 1. The number of ether oxygens (including phenoxy) is 6. The molecule has 7 heterocycles. The molecule has 2 fully saturated rings. The fourth-order valence-electron chi connectivity index (χ4n) is 14.5. The van der Waals surface area contributed by atoms with Gasteiger partial charge in [0.15, 0.2) is 23.8 Å². The third kappa shape index (κ3) is 19.1. The number of primary amides is 1. The molecular formula is C81H86Cl3N9O24. The maximum atomic E-state index is 16.4. The molecule has 0 aliphatic carbocycles. The second-order valence-electron chi connectivity index (χ2n) is 29.6. The van der Waals surface area contributed by atoms with Crippen molar-refractivity contribution < 1.29 is 118 Å². The Labute approximate surface area is 683 Å². The lowest BCUT2D eigenvalue weighted by molar-refractivity contribution is -0.277. The first kappa shape index (κ1) is 85.6. The van der Waals surface area contributed by atoms with E-state index in [0.29, 0.717) is 5.02 Å². The van der Waals surface area contributed by atoms with Crippen LogP contribution in [0.4, 0.5) is 0 Å². The van der Waals surface area contributed by atoms with Crippen LogP contribution in [-0.4, -0.2) is 191 Å². The highest BCUT2D eigenvalue weighted by molar-refractivity contribution is 6.32. The minimum Gasteiger partial charge on any atom is -0.508 e. The summed E-state index contributed by atoms with van der Waals surface area (Å²) in [5.41, 5.74) is 4.28. The summed E-state index contributed by atoms with van der Waals surface area (Å²) in [7, 11) is 1.48. The number of nitrogens with two attached hydrogens (primary N) is 1. The summed E-state index contributed by atoms with van der Waals surface area (Å²) < 4.78 is 38.9. The van der Waals surface area contributed by atoms with E-state index in [9.17, 15) is 70.2 Å². The monoisotopic (exact) mass is 1670 g/mol. The number of phenolic OH excluding ortho intramolecular Hbond substituents is 3. The number of aliphatic hydroxyl groups excluding tert-OH is 6. The standard InChI is InChI=1S/C81H86Cl3N9O24/c1-34(2)22-49(86-5)73(104)92-64-66(99)40-15-20-53(47(83)24-40)113-55-26-42-27-56(71(55)117-80-69(102)68(101)67(100)57(33-94)115-80)114-54-21-16-41(25-48(54)84)70(116-59-31-81(4,72(103)35(3)112-59)87-32-38-10-8-36(9-11-38)6-7-37-12-17-43(82)18-13-37)65-78(109)91-63(79(110)111)46-28-44(95)29-52(97)60(46)45-23-39(14-19-51(45)96)61(75(106)93-65)90-76(107)62(42)89-74(105)50(30-58(85)98)88-77(64)108/h6-21,23-29,34-35,49-50,57,59,61-70,72,80,86-87,94-97,99-103H,22,30-33H2,1-5H3,(H2,85,98)(H,88,108)(H,89,105)(H,90,107)(H,91,109)(H,92,104)(H,93,106)(H,110,111)/b7-6+/t35-,49+,50-,57+,59-,61+,62+,63-,64+,65-,66+,67+,68-,69+,70+,72-,80-,81-/m0/s1. The first-order valence-electron chi connectivity index (χ1n) is 37.0. The molecule has 7 amide bonds. The highest BCUT2D eigenvalue weighted by Crippen LogP contribution is 2.50. The molecule has 18 atom stereocenters. The number of amides is 7. The van der Waals surface area contributed by atoms with Gasteiger partial charge in [-0.1, -0.05) is 115 Å². The molecule has 117 heavy (non-hydrogen) atoms. The first-order valence-corrected chi connectivity index (χ1v) is 38.2. The van der Waals surface area contributed by atoms with Gasteiger partial charge >= 0.3 is 5.97 Å². The van der Waals surface area contributed by atoms with E-state index < -0.39 is 237 Å². The van der Waals surface area contributed by atoms with Crippen LogP contribution in [0, 0.1) is 5.92 Å². The molecule has 0 radical (unpaired) electrons. The highest BCUT2D eigenvalue weighted by atomic mass is 35.5. The number of nitrogens with one attached hydrogen (secondary N) is 8. The number of hydrogen-bond acceptors (Lipinski definition) is 25. The predicted octanol–water partition coefficient (Wildman–Crippen LogP) is 4.76. The molecule has 11 bridgehead atoms. The Morgan fingerprint density at radius 3 is 1.89 bits per heavy atom. The Kier molecular flexibility index (Phi) is 26.4. The number of carbonyl (C=O) groups is 8. The molecule has 14 rings (SSSR count). The van der Waals surface area contributed by atoms with Crippen LogP contribution in [0.25, 0.3) is 23.3 Å². The lowest BCUT2D eigenvalue weighted by Crippen LogP contribution is -2.63. The zero-order chi connectivity index (χ0) is 84.3. The third-order valence-corrected chi connectivity index (χ3v) is 21.6. The van der Waals surface area contributed by atoms with E-state index in [2.05, 4.69) is 42.5 Å². The molecule has 20 N–H and O–H groups in total. The van der Waals surface area contributed by atoms with Crippen LogP contribution >= 0.6 is 34.8 Å². The third-order valence-electron chi connectivity index (χ3n) is 20.7. The fraction of sp³-hybridized carbons (Fsp3) is 0.358. The van der Waals surface area contributed by atoms with Gasteiger partial charge in [0.05, 0.1) is 41.3 Å². The van der Waals surface area contributed by atoms with Crippen LogP contribution in [0.3, 0.4) is 0 Å². The van der Waals surface area contributed by atoms with Gasteiger partial charge in [0, 0.05) is 46.3 Å². The van der Waals surface area contributed by atoms with Crippen molar-refractivity contribution >= 4 is 94.3 Å². The number of aliphatic hydroxyl groups is 6. The number of fused-ring (bicyclic) bond motifs is 15. The molecule has 36 heteroatoms. The number of benzene rings is 7. The van der Waals surface area contributed by atoms with Gasteiger partial charge in [0.1, 0.15) is 95.6 Å². The zero-order valence-corrected chi connectivity index (χ0v) is 65.4. The fourth-order valence-corrected chi connectivity index (χ4v) is 15.0. The molecule has 7 aromatic carbocycles. The van der Waals surface area contributed by atoms with E-state index in [1.807, 2.05) is 62.4 Å². The molecule has 33 nitrogen and oxygen atoms in total. The molecule has 0 unspecified atom stereocenters. The molecule has 7 aromatic rings. The Bertz CT molecular complexity index is 4990. The summed E-state index contributed by atoms with van der Waals surface area (Å²) in [5, 5.41) is 136. The lowest BCUT2D eigenvalue weighted by Gasteiger charge is -2.47. The number of phenols is 3. The van der Waals surface area contributed by atoms with E-state index in [1.54, 1.807) is 19.1 Å². The van der Waals surface area contributed by atoms with Crippen molar-refractivity contribution in [3.05, 3.63) is 187 Å². The predicted molar refractivity (Wildman–Crippen MR) is 419 cm³/mol. The topological polar surface area (TPSA) is 517 Å². The Balaban J connectivity index is 1.05. The van der Waals surface area contributed by atoms with E-state index in [-0.39, 0.29) is 52.8 Å². The molecule has 7 aliphatic heterocycles. The van der Waals surface area contributed by atoms with Crippen molar-refractivity contribution in [2.75, 3.05) is 13.7 Å². The number of aromatic hydroxyl groups is 3. The summed E-state index contributed by atoms with van der Waals surface area (Å²) in [6.45, 7) is 6.04. The minimum atomic E-state index is -2.36. The summed E-state index contributed by atoms with van der Waals surface area (Å²) in [6.07, 6.45) is -15.2. The average Bonchev–Trinajstić information content (AvgIpc) is 0.762. The number of likely N-dealkylation sites (N-methyl/N-ethyl adjacent to an activating group) is 1. The quantitative estimate of drug-likeness (QED) is 0.0515. The largest absolute Gasteiger partial charge is 0.508 e. The van der Waals surface area contributed by atoms with Gasteiger partial charge in [-0.2, -0.15) is 0 Å². The van der Waals surface area contributed by atoms with Gasteiger partial charge in [-0.15, -0.1) is 0 Å². The number of rotatable bonds is 18. The molecule has 0 aromatic heterocycles. The summed E-state index contributed by atoms with van der Waals surface area (Å²) >= 11 is 20.5. The average molecular weight is 1680 g/mol. The minimum absolute atomic E-state index is 0.104. The number of halogens is 3. The molecule has 0 spiro atoms. The van der Waals surface area contributed by atoms with E-state index in [0.717, 1.165) is 65.2 Å². The van der Waals surface area contributed by atoms with Crippen molar-refractivity contribution in [3.8, 4) is 57.1 Å². The van der Waals surface area contributed by atoms with Crippen LogP contribution < -0.4 is 62.5 Å². The van der Waals surface area contributed by atoms with Crippen molar-refractivity contribution in [2.24, 2.45) is 11.7 Å². The molecule has 2 saturated heterocycles. The molecule has 0 saturated carbocycles. The Morgan fingerprint density at radius 2 is 1.27 bits per heavy atom. The lowest BCUT2D eigenvalue weighted by atomic mass is 9.84. The maximum Gasteiger partial charge on any atom is 0.330 e. The van der Waals surface area contributed by atoms with E-state index in [4.69, 9.17) is 69.0 Å². The van der Waals surface area contributed by atoms with Crippen LogP contribution in [0.15, 0.2) is 127 Å². The van der Waals surface area contributed by atoms with E-state index >= 15 is 19.2 Å². The van der Waals surface area contributed by atoms with Gasteiger partial charge in [-0.25, -0.2) is 4.79 Å². The van der Waals surface area contributed by atoms with Gasteiger partial charge in [-0.05, 0) is 139 Å². The van der Waals surface area contributed by atoms with Crippen LogP contribution in [-0.2, 0) is 59.1 Å². The summed E-state index contributed by atoms with van der Waals surface area (Å²) in [6, 6.07) is 14.5. The highest BCUT2D eigenvalue weighted by Gasteiger charge is 2.50. The van der Waals surface area contributed by atoms with Crippen molar-refractivity contribution in [1.29, 1.82) is 0 Å². The number of carboxylic acid groups (broad SMARTS) is 1.